The van der Waals surface area contributed by atoms with Gasteiger partial charge in [-0.25, -0.2) is 4.98 Å². The standard InChI is InChI=1S/C15H19BrN2S/c1-9-5-6-10(7-11(9)16)8-12-13(15(2,3)4)18-14(17)19-12/h5-7H,8H2,1-4H3,(H2,17,18). The minimum Gasteiger partial charge on any atom is -0.375 e. The van der Waals surface area contributed by atoms with Crippen LogP contribution in [0.5, 0.6) is 0 Å². The van der Waals surface area contributed by atoms with Crippen LogP contribution in [0.3, 0.4) is 0 Å². The summed E-state index contributed by atoms with van der Waals surface area (Å²) < 4.78 is 1.15. The van der Waals surface area contributed by atoms with Gasteiger partial charge in [0.1, 0.15) is 0 Å². The molecule has 0 saturated carbocycles. The molecule has 1 aromatic carbocycles. The number of aryl methyl sites for hydroxylation is 1. The Kier molecular flexibility index (Phi) is 4.02. The molecule has 0 aliphatic rings. The first kappa shape index (κ1) is 14.5. The number of nitrogens with zero attached hydrogens (tertiary/aromatic N) is 1. The van der Waals surface area contributed by atoms with Gasteiger partial charge in [-0.1, -0.05) is 48.8 Å². The van der Waals surface area contributed by atoms with Crippen LogP contribution in [0, 0.1) is 6.92 Å². The van der Waals surface area contributed by atoms with Crippen molar-refractivity contribution in [1.29, 1.82) is 0 Å². The molecule has 4 heteroatoms. The Balaban J connectivity index is 2.35. The molecular formula is C15H19BrN2S. The topological polar surface area (TPSA) is 38.9 Å². The number of nitrogens with two attached hydrogens (primary N) is 1. The zero-order valence-electron chi connectivity index (χ0n) is 11.7. The van der Waals surface area contributed by atoms with E-state index in [0.29, 0.717) is 5.13 Å². The molecule has 0 amide bonds. The van der Waals surface area contributed by atoms with E-state index in [4.69, 9.17) is 5.73 Å². The van der Waals surface area contributed by atoms with E-state index < -0.39 is 0 Å². The fourth-order valence-electron chi connectivity index (χ4n) is 2.01. The lowest BCUT2D eigenvalue weighted by Crippen LogP contribution is -2.14. The maximum Gasteiger partial charge on any atom is 0.180 e. The molecule has 2 N–H and O–H groups in total. The Morgan fingerprint density at radius 1 is 1.32 bits per heavy atom. The first-order valence-corrected chi connectivity index (χ1v) is 7.89. The van der Waals surface area contributed by atoms with Crippen LogP contribution in [0.4, 0.5) is 5.13 Å². The lowest BCUT2D eigenvalue weighted by Gasteiger charge is -2.17. The lowest BCUT2D eigenvalue weighted by atomic mass is 9.90. The average Bonchev–Trinajstić information content (AvgIpc) is 2.65. The highest BCUT2D eigenvalue weighted by molar-refractivity contribution is 9.10. The van der Waals surface area contributed by atoms with E-state index >= 15 is 0 Å². The van der Waals surface area contributed by atoms with Gasteiger partial charge in [0.25, 0.3) is 0 Å². The third kappa shape index (κ3) is 3.37. The number of hydrogen-bond donors (Lipinski definition) is 1. The van der Waals surface area contributed by atoms with Gasteiger partial charge in [-0.2, -0.15) is 0 Å². The molecule has 2 rings (SSSR count). The van der Waals surface area contributed by atoms with Crippen LogP contribution >= 0.6 is 27.3 Å². The lowest BCUT2D eigenvalue weighted by molar-refractivity contribution is 0.568. The number of aromatic nitrogens is 1. The summed E-state index contributed by atoms with van der Waals surface area (Å²) in [7, 11) is 0. The van der Waals surface area contributed by atoms with Gasteiger partial charge in [-0.05, 0) is 24.1 Å². The molecule has 2 nitrogen and oxygen atoms in total. The van der Waals surface area contributed by atoms with Crippen LogP contribution < -0.4 is 5.73 Å². The zero-order valence-corrected chi connectivity index (χ0v) is 14.2. The predicted molar refractivity (Wildman–Crippen MR) is 86.9 cm³/mol. The van der Waals surface area contributed by atoms with Gasteiger partial charge in [-0.3, -0.25) is 0 Å². The third-order valence-corrected chi connectivity index (χ3v) is 4.76. The summed E-state index contributed by atoms with van der Waals surface area (Å²) in [6.07, 6.45) is 0.889. The molecule has 0 spiro atoms. The molecule has 102 valence electrons. The molecule has 0 bridgehead atoms. The molecule has 19 heavy (non-hydrogen) atoms. The van der Waals surface area contributed by atoms with E-state index in [1.54, 1.807) is 11.3 Å². The van der Waals surface area contributed by atoms with Gasteiger partial charge in [0.05, 0.1) is 5.69 Å². The number of halogens is 1. The fourth-order valence-corrected chi connectivity index (χ4v) is 3.51. The van der Waals surface area contributed by atoms with Crippen molar-refractivity contribution in [2.24, 2.45) is 0 Å². The molecule has 0 aliphatic carbocycles. The Morgan fingerprint density at radius 3 is 2.58 bits per heavy atom. The van der Waals surface area contributed by atoms with E-state index in [-0.39, 0.29) is 5.41 Å². The van der Waals surface area contributed by atoms with E-state index in [2.05, 4.69) is 66.8 Å². The number of nitrogen functional groups attached to an aromatic ring is 1. The molecule has 2 aromatic rings. The number of benzene rings is 1. The van der Waals surface area contributed by atoms with Crippen LogP contribution in [0.2, 0.25) is 0 Å². The second-order valence-corrected chi connectivity index (χ2v) is 7.80. The zero-order chi connectivity index (χ0) is 14.2. The Bertz CT molecular complexity index is 597. The second-order valence-electron chi connectivity index (χ2n) is 5.83. The largest absolute Gasteiger partial charge is 0.375 e. The van der Waals surface area contributed by atoms with Crippen molar-refractivity contribution in [1.82, 2.24) is 4.98 Å². The van der Waals surface area contributed by atoms with Crippen LogP contribution in [-0.2, 0) is 11.8 Å². The highest BCUT2D eigenvalue weighted by Gasteiger charge is 2.22. The van der Waals surface area contributed by atoms with Gasteiger partial charge >= 0.3 is 0 Å². The maximum absolute atomic E-state index is 5.88. The van der Waals surface area contributed by atoms with Crippen molar-refractivity contribution in [3.63, 3.8) is 0 Å². The first-order chi connectivity index (χ1) is 8.77. The molecule has 0 unspecified atom stereocenters. The van der Waals surface area contributed by atoms with Crippen molar-refractivity contribution < 1.29 is 0 Å². The molecule has 0 fully saturated rings. The van der Waals surface area contributed by atoms with Crippen molar-refractivity contribution in [2.75, 3.05) is 5.73 Å². The third-order valence-electron chi connectivity index (χ3n) is 3.03. The van der Waals surface area contributed by atoms with Gasteiger partial charge in [0, 0.05) is 21.2 Å². The summed E-state index contributed by atoms with van der Waals surface area (Å²) in [6.45, 7) is 8.63. The molecule has 1 aromatic heterocycles. The Hall–Kier alpha value is -0.870. The molecule has 0 radical (unpaired) electrons. The molecule has 1 heterocycles. The monoisotopic (exact) mass is 338 g/mol. The molecule has 0 atom stereocenters. The van der Waals surface area contributed by atoms with Crippen LogP contribution in [-0.4, -0.2) is 4.98 Å². The van der Waals surface area contributed by atoms with E-state index in [1.165, 1.54) is 16.0 Å². The van der Waals surface area contributed by atoms with E-state index in [1.807, 2.05) is 0 Å². The number of hydrogen-bond acceptors (Lipinski definition) is 3. The fraction of sp³-hybridized carbons (Fsp3) is 0.400. The SMILES string of the molecule is Cc1ccc(Cc2sc(N)nc2C(C)(C)C)cc1Br. The maximum atomic E-state index is 5.88. The van der Waals surface area contributed by atoms with Crippen LogP contribution in [0.15, 0.2) is 22.7 Å². The average molecular weight is 339 g/mol. The molecular weight excluding hydrogens is 320 g/mol. The summed E-state index contributed by atoms with van der Waals surface area (Å²) in [5.74, 6) is 0. The van der Waals surface area contributed by atoms with Gasteiger partial charge in [0.15, 0.2) is 5.13 Å². The van der Waals surface area contributed by atoms with Crippen LogP contribution in [0.1, 0.15) is 42.5 Å². The minimum absolute atomic E-state index is 0.0331. The summed E-state index contributed by atoms with van der Waals surface area (Å²) in [5, 5.41) is 0.658. The summed E-state index contributed by atoms with van der Waals surface area (Å²) in [6, 6.07) is 6.49. The Labute approximate surface area is 127 Å². The normalized spacial score (nSPS) is 11.8. The number of rotatable bonds is 2. The number of anilines is 1. The molecule has 0 aliphatic heterocycles. The van der Waals surface area contributed by atoms with Crippen LogP contribution in [0.25, 0.3) is 0 Å². The number of thiazole rings is 1. The highest BCUT2D eigenvalue weighted by atomic mass is 79.9. The minimum atomic E-state index is 0.0331. The summed E-state index contributed by atoms with van der Waals surface area (Å²) in [4.78, 5) is 5.77. The predicted octanol–water partition coefficient (Wildman–Crippen LogP) is 4.68. The van der Waals surface area contributed by atoms with E-state index in [9.17, 15) is 0 Å². The van der Waals surface area contributed by atoms with Gasteiger partial charge in [-0.15, -0.1) is 11.3 Å². The Morgan fingerprint density at radius 2 is 2.00 bits per heavy atom. The van der Waals surface area contributed by atoms with Crippen molar-refractivity contribution in [2.45, 2.75) is 39.5 Å². The van der Waals surface area contributed by atoms with Gasteiger partial charge in [0.2, 0.25) is 0 Å². The smallest absolute Gasteiger partial charge is 0.180 e. The highest BCUT2D eigenvalue weighted by Crippen LogP contribution is 2.32. The summed E-state index contributed by atoms with van der Waals surface area (Å²) in [5.41, 5.74) is 9.57. The van der Waals surface area contributed by atoms with Crippen molar-refractivity contribution in [3.05, 3.63) is 44.4 Å². The first-order valence-electron chi connectivity index (χ1n) is 6.28. The van der Waals surface area contributed by atoms with Gasteiger partial charge < -0.3 is 5.73 Å². The quantitative estimate of drug-likeness (QED) is 0.862. The second kappa shape index (κ2) is 5.25. The molecule has 0 saturated heterocycles. The summed E-state index contributed by atoms with van der Waals surface area (Å²) >= 11 is 5.18. The van der Waals surface area contributed by atoms with E-state index in [0.717, 1.165) is 16.6 Å². The van der Waals surface area contributed by atoms with Crippen molar-refractivity contribution >= 4 is 32.4 Å². The van der Waals surface area contributed by atoms with Crippen molar-refractivity contribution in [3.8, 4) is 0 Å².